The lowest BCUT2D eigenvalue weighted by atomic mass is 10.1. The van der Waals surface area contributed by atoms with E-state index in [0.717, 1.165) is 11.1 Å². The molecule has 0 radical (unpaired) electrons. The summed E-state index contributed by atoms with van der Waals surface area (Å²) < 4.78 is 85.6. The SMILES string of the molecule is CC(C)(C)OC(=O)NN.COc1cc(C)c(S(=O)(=O)N(C)CCOCC(=O)N(C)Cc2ccc(C(=O)NNC(=O)OC(C)(C)C)cc2)c(C)c1.COc1cc(C)c(S(=O)(=O)N(C)CCOCC(=O)N(C)Cc2ccc(C(=O)O)cc2)c(C)c1. The molecule has 0 bridgehead atoms. The van der Waals surface area contributed by atoms with Crippen LogP contribution in [-0.4, -0.2) is 169 Å². The maximum Gasteiger partial charge on any atom is 0.426 e. The standard InChI is InChI=1S/C28H40N4O8S.C23H30N2O7S.C5H12N2O2/c1-19-15-23(38-8)16-20(2)25(19)41(36,37)32(7)13-14-39-18-24(33)31(6)17-21-9-11-22(12-10-21)26(34)29-30-27(35)40-28(3,4)5;1-16-12-20(31-5)13-17(2)22(16)33(29,30)25(4)10-11-32-15-21(26)24(3)14-18-6-8-19(9-7-18)23(27)28;1-5(2,3)9-4(8)7-6/h9-12,15-16H,13-14,17-18H2,1-8H3,(H,29,34)(H,30,35);6-9,12-13H,10-11,14-15H2,1-5H3,(H,27,28);6H2,1-3H3,(H,7,8). The summed E-state index contributed by atoms with van der Waals surface area (Å²) in [6.45, 7) is 17.7. The minimum atomic E-state index is -3.76. The van der Waals surface area contributed by atoms with E-state index in [1.165, 1.54) is 58.9 Å². The summed E-state index contributed by atoms with van der Waals surface area (Å²) in [6.07, 6.45) is -1.39. The molecule has 0 aliphatic rings. The fraction of sp³-hybridized carbons (Fsp3) is 0.464. The molecule has 0 saturated carbocycles. The normalized spacial score (nSPS) is 11.5. The lowest BCUT2D eigenvalue weighted by Crippen LogP contribution is -2.44. The predicted molar refractivity (Wildman–Crippen MR) is 309 cm³/mol. The highest BCUT2D eigenvalue weighted by Gasteiger charge is 2.27. The van der Waals surface area contributed by atoms with Gasteiger partial charge in [0.15, 0.2) is 0 Å². The third-order valence-corrected chi connectivity index (χ3v) is 15.9. The monoisotopic (exact) mass is 1200 g/mol. The van der Waals surface area contributed by atoms with E-state index in [2.05, 4.69) is 10.9 Å². The first-order chi connectivity index (χ1) is 38.5. The number of nitrogens with one attached hydrogen (secondary N) is 3. The van der Waals surface area contributed by atoms with Crippen LogP contribution < -0.4 is 31.6 Å². The highest BCUT2D eigenvalue weighted by atomic mass is 32.2. The Kier molecular flexibility index (Phi) is 28.0. The van der Waals surface area contributed by atoms with Crippen LogP contribution in [-0.2, 0) is 61.7 Å². The molecule has 83 heavy (non-hydrogen) atoms. The molecule has 4 aromatic rings. The molecule has 0 saturated heterocycles. The second-order valence-corrected chi connectivity index (χ2v) is 24.8. The average Bonchev–Trinajstić information content (AvgIpc) is 3.46. The number of carboxylic acids is 1. The van der Waals surface area contributed by atoms with Crippen LogP contribution >= 0.6 is 0 Å². The van der Waals surface area contributed by atoms with Gasteiger partial charge in [0.2, 0.25) is 31.9 Å². The van der Waals surface area contributed by atoms with Crippen molar-refractivity contribution in [2.45, 2.75) is 103 Å². The lowest BCUT2D eigenvalue weighted by molar-refractivity contribution is -0.136. The summed E-state index contributed by atoms with van der Waals surface area (Å²) in [5, 5.41) is 8.94. The van der Waals surface area contributed by atoms with Gasteiger partial charge in [-0.15, -0.1) is 0 Å². The number of likely N-dealkylation sites (N-methyl/N-ethyl adjacent to an activating group) is 4. The molecule has 0 heterocycles. The van der Waals surface area contributed by atoms with Gasteiger partial charge in [-0.2, -0.15) is 8.61 Å². The number of carboxylic acid groups (broad SMARTS) is 1. The van der Waals surface area contributed by atoms with Crippen LogP contribution in [0.15, 0.2) is 82.6 Å². The Hall–Kier alpha value is -7.40. The number of carbonyl (C=O) groups is 6. The van der Waals surface area contributed by atoms with Crippen LogP contribution in [0.25, 0.3) is 0 Å². The van der Waals surface area contributed by atoms with E-state index in [9.17, 15) is 45.6 Å². The van der Waals surface area contributed by atoms with Crippen LogP contribution in [0.3, 0.4) is 0 Å². The van der Waals surface area contributed by atoms with Crippen LogP contribution in [0.2, 0.25) is 0 Å². The second-order valence-electron chi connectivity index (χ2n) is 20.9. The fourth-order valence-electron chi connectivity index (χ4n) is 7.38. The molecule has 0 unspecified atom stereocenters. The number of hydrazine groups is 2. The van der Waals surface area contributed by atoms with Gasteiger partial charge >= 0.3 is 18.2 Å². The Bertz CT molecular complexity index is 3030. The van der Waals surface area contributed by atoms with Crippen molar-refractivity contribution < 1.29 is 79.1 Å². The predicted octanol–water partition coefficient (Wildman–Crippen LogP) is 5.47. The molecule has 0 aliphatic heterocycles. The summed E-state index contributed by atoms with van der Waals surface area (Å²) in [4.78, 5) is 73.4. The number of aromatic carboxylic acids is 1. The summed E-state index contributed by atoms with van der Waals surface area (Å²) in [7, 11) is 1.72. The van der Waals surface area contributed by atoms with Gasteiger partial charge in [0.25, 0.3) is 5.91 Å². The number of hydrogen-bond donors (Lipinski definition) is 5. The molecule has 460 valence electrons. The Labute approximate surface area is 487 Å². The topological polar surface area (TPSA) is 321 Å². The van der Waals surface area contributed by atoms with E-state index >= 15 is 0 Å². The average molecular weight is 1200 g/mol. The molecular formula is C56H82N8O17S2. The van der Waals surface area contributed by atoms with Crippen LogP contribution in [0, 0.1) is 27.7 Å². The van der Waals surface area contributed by atoms with Crippen molar-refractivity contribution in [1.82, 2.24) is 34.7 Å². The molecule has 4 rings (SSSR count). The molecular weight excluding hydrogens is 1120 g/mol. The van der Waals surface area contributed by atoms with Gasteiger partial charge < -0.3 is 43.3 Å². The van der Waals surface area contributed by atoms with Crippen molar-refractivity contribution in [3.8, 4) is 11.5 Å². The maximum atomic E-state index is 13.1. The van der Waals surface area contributed by atoms with E-state index in [0.29, 0.717) is 45.9 Å². The Morgan fingerprint density at radius 1 is 0.542 bits per heavy atom. The van der Waals surface area contributed by atoms with E-state index in [4.69, 9.17) is 39.4 Å². The third-order valence-electron chi connectivity index (χ3n) is 11.5. The number of aryl methyl sites for hydroxylation is 4. The fourth-order valence-corrected chi connectivity index (χ4v) is 10.5. The Balaban J connectivity index is 0.000000501. The lowest BCUT2D eigenvalue weighted by Gasteiger charge is -2.21. The van der Waals surface area contributed by atoms with Crippen molar-refractivity contribution >= 4 is 55.9 Å². The number of hydrogen-bond acceptors (Lipinski definition) is 17. The van der Waals surface area contributed by atoms with E-state index in [1.54, 1.807) is 144 Å². The minimum Gasteiger partial charge on any atom is -0.497 e. The van der Waals surface area contributed by atoms with Crippen molar-refractivity contribution in [3.63, 3.8) is 0 Å². The molecule has 27 heteroatoms. The summed E-state index contributed by atoms with van der Waals surface area (Å²) in [5.41, 5.74) is 9.54. The molecule has 0 atom stereocenters. The van der Waals surface area contributed by atoms with Crippen LogP contribution in [0.4, 0.5) is 9.59 Å². The highest BCUT2D eigenvalue weighted by Crippen LogP contribution is 2.29. The van der Waals surface area contributed by atoms with E-state index in [1.807, 2.05) is 5.43 Å². The molecule has 6 N–H and O–H groups in total. The number of methoxy groups -OCH3 is 2. The van der Waals surface area contributed by atoms with Gasteiger partial charge in [-0.05, 0) is 151 Å². The smallest absolute Gasteiger partial charge is 0.426 e. The number of benzene rings is 4. The van der Waals surface area contributed by atoms with E-state index in [-0.39, 0.29) is 73.2 Å². The quantitative estimate of drug-likeness (QED) is 0.0282. The number of nitrogens with zero attached hydrogens (tertiary/aromatic N) is 4. The second kappa shape index (κ2) is 32.4. The number of ether oxygens (including phenoxy) is 6. The van der Waals surface area contributed by atoms with Crippen molar-refractivity contribution in [1.29, 1.82) is 0 Å². The summed E-state index contributed by atoms with van der Waals surface area (Å²) >= 11 is 0. The largest absolute Gasteiger partial charge is 0.497 e. The van der Waals surface area contributed by atoms with Crippen LogP contribution in [0.5, 0.6) is 11.5 Å². The van der Waals surface area contributed by atoms with Gasteiger partial charge in [0.1, 0.15) is 35.9 Å². The van der Waals surface area contributed by atoms with Gasteiger partial charge in [0.05, 0.1) is 42.8 Å². The molecule has 0 spiro atoms. The number of carbonyl (C=O) groups excluding carboxylic acids is 5. The van der Waals surface area contributed by atoms with Crippen molar-refractivity contribution in [3.05, 3.63) is 117 Å². The van der Waals surface area contributed by atoms with Crippen molar-refractivity contribution in [2.75, 3.05) is 81.9 Å². The molecule has 4 aromatic carbocycles. The number of rotatable bonds is 22. The summed E-state index contributed by atoms with van der Waals surface area (Å²) in [6, 6.07) is 19.5. The maximum absolute atomic E-state index is 13.1. The number of sulfonamides is 2. The molecule has 0 fully saturated rings. The molecule has 0 aliphatic carbocycles. The molecule has 5 amide bonds. The van der Waals surface area contributed by atoms with Crippen molar-refractivity contribution in [2.24, 2.45) is 5.84 Å². The van der Waals surface area contributed by atoms with Gasteiger partial charge in [-0.1, -0.05) is 24.3 Å². The zero-order valence-electron chi connectivity index (χ0n) is 50.2. The zero-order valence-corrected chi connectivity index (χ0v) is 51.9. The van der Waals surface area contributed by atoms with Gasteiger partial charge in [-0.25, -0.2) is 42.5 Å². The molecule has 0 aromatic heterocycles. The molecule has 25 nitrogen and oxygen atoms in total. The third kappa shape index (κ3) is 24.1. The summed E-state index contributed by atoms with van der Waals surface area (Å²) in [5.74, 6) is 3.83. The first-order valence-electron chi connectivity index (χ1n) is 25.7. The zero-order chi connectivity index (χ0) is 63.2. The highest BCUT2D eigenvalue weighted by molar-refractivity contribution is 7.89. The van der Waals surface area contributed by atoms with Crippen LogP contribution in [0.1, 0.15) is 95.6 Å². The van der Waals surface area contributed by atoms with E-state index < -0.39 is 55.3 Å². The number of nitrogens with two attached hydrogens (primary N) is 1. The Morgan fingerprint density at radius 2 is 0.880 bits per heavy atom. The minimum absolute atomic E-state index is 0.0324. The van der Waals surface area contributed by atoms with Gasteiger partial charge in [0, 0.05) is 59.9 Å². The van der Waals surface area contributed by atoms with Gasteiger partial charge in [-0.3, -0.25) is 25.2 Å². The number of amides is 5. The Morgan fingerprint density at radius 3 is 1.18 bits per heavy atom. The first-order valence-corrected chi connectivity index (χ1v) is 28.6. The first kappa shape index (κ1) is 71.7.